The van der Waals surface area contributed by atoms with Crippen LogP contribution in [-0.2, 0) is 19.2 Å². The molecule has 40 heavy (non-hydrogen) atoms. The maximum absolute atomic E-state index is 12.8. The predicted molar refractivity (Wildman–Crippen MR) is 165 cm³/mol. The molecule has 0 radical (unpaired) electrons. The summed E-state index contributed by atoms with van der Waals surface area (Å²) in [6, 6.07) is 14.3. The van der Waals surface area contributed by atoms with Gasteiger partial charge >= 0.3 is 0 Å². The highest BCUT2D eigenvalue weighted by Gasteiger charge is 2.34. The molecule has 0 spiro atoms. The zero-order valence-electron chi connectivity index (χ0n) is 22.9. The van der Waals surface area contributed by atoms with Crippen LogP contribution in [0, 0.1) is 0 Å². The number of nitrogens with one attached hydrogen (secondary N) is 2. The van der Waals surface area contributed by atoms with Gasteiger partial charge in [-0.2, -0.15) is 23.5 Å². The van der Waals surface area contributed by atoms with Crippen molar-refractivity contribution in [1.82, 2.24) is 9.80 Å². The first-order chi connectivity index (χ1) is 19.4. The van der Waals surface area contributed by atoms with Gasteiger partial charge in [0.05, 0.1) is 11.5 Å². The van der Waals surface area contributed by atoms with Crippen LogP contribution in [0.5, 0.6) is 0 Å². The molecule has 2 atom stereocenters. The number of likely N-dealkylation sites (tertiary alicyclic amines) is 2. The van der Waals surface area contributed by atoms with Gasteiger partial charge in [0.2, 0.25) is 23.6 Å². The van der Waals surface area contributed by atoms with Gasteiger partial charge in [0.15, 0.2) is 0 Å². The van der Waals surface area contributed by atoms with Crippen LogP contribution in [0.25, 0.3) is 12.2 Å². The van der Waals surface area contributed by atoms with Crippen molar-refractivity contribution >= 4 is 70.7 Å². The van der Waals surface area contributed by atoms with Crippen LogP contribution in [0.3, 0.4) is 0 Å². The van der Waals surface area contributed by atoms with Gasteiger partial charge in [0.25, 0.3) is 0 Å². The van der Waals surface area contributed by atoms with E-state index in [9.17, 15) is 19.2 Å². The fraction of sp³-hybridized carbons (Fsp3) is 0.400. The third kappa shape index (κ3) is 7.69. The van der Waals surface area contributed by atoms with Crippen molar-refractivity contribution in [3.8, 4) is 0 Å². The Morgan fingerprint density at radius 1 is 0.700 bits per heavy atom. The van der Waals surface area contributed by atoms with E-state index in [-0.39, 0.29) is 23.6 Å². The van der Waals surface area contributed by atoms with Gasteiger partial charge in [-0.3, -0.25) is 19.2 Å². The second-order valence-corrected chi connectivity index (χ2v) is 11.6. The molecule has 4 rings (SSSR count). The van der Waals surface area contributed by atoms with E-state index in [1.54, 1.807) is 9.80 Å². The Morgan fingerprint density at radius 2 is 1.07 bits per heavy atom. The second kappa shape index (κ2) is 14.4. The molecule has 0 unspecified atom stereocenters. The van der Waals surface area contributed by atoms with Crippen molar-refractivity contribution in [2.75, 3.05) is 47.7 Å². The average Bonchev–Trinajstić information content (AvgIpc) is 3.64. The number of hydrogen-bond acceptors (Lipinski definition) is 6. The monoisotopic (exact) mass is 580 g/mol. The molecule has 4 amide bonds. The van der Waals surface area contributed by atoms with Gasteiger partial charge in [-0.25, -0.2) is 0 Å². The number of rotatable bonds is 10. The molecule has 0 aromatic heterocycles. The lowest BCUT2D eigenvalue weighted by molar-refractivity contribution is -0.134. The van der Waals surface area contributed by atoms with Crippen molar-refractivity contribution in [3.05, 3.63) is 59.7 Å². The van der Waals surface area contributed by atoms with Gasteiger partial charge in [-0.15, -0.1) is 0 Å². The number of amides is 4. The molecular weight excluding hydrogens is 544 g/mol. The van der Waals surface area contributed by atoms with E-state index in [1.807, 2.05) is 73.2 Å². The van der Waals surface area contributed by atoms with Gasteiger partial charge in [-0.1, -0.05) is 36.4 Å². The van der Waals surface area contributed by atoms with Crippen LogP contribution in [0.1, 0.15) is 36.8 Å². The first-order valence-electron chi connectivity index (χ1n) is 13.5. The molecular formula is C30H36N4O4S2. The molecule has 0 saturated carbocycles. The average molecular weight is 581 g/mol. The topological polar surface area (TPSA) is 98.8 Å². The van der Waals surface area contributed by atoms with Crippen LogP contribution in [0.4, 0.5) is 11.4 Å². The lowest BCUT2D eigenvalue weighted by atomic mass is 10.1. The summed E-state index contributed by atoms with van der Waals surface area (Å²) < 4.78 is 0. The molecule has 2 saturated heterocycles. The molecule has 2 N–H and O–H groups in total. The molecule has 8 nitrogen and oxygen atoms in total. The predicted octanol–water partition coefficient (Wildman–Crippen LogP) is 4.44. The number of anilines is 2. The minimum Gasteiger partial charge on any atom is -0.330 e. The maximum atomic E-state index is 12.8. The number of carbonyl (C=O) groups is 4. The molecule has 10 heteroatoms. The molecule has 0 bridgehead atoms. The summed E-state index contributed by atoms with van der Waals surface area (Å²) in [5.41, 5.74) is 3.35. The minimum atomic E-state index is -0.410. The van der Waals surface area contributed by atoms with Gasteiger partial charge in [0, 0.05) is 24.5 Å². The standard InChI is InChI=1S/C30H36N4O4S2/c1-39-19-27(35)33-17-3-5-25(33)29(37)31-23-13-9-21(10-14-23)7-8-22-11-15-24(16-12-22)32-30(38)26-6-4-18-34(26)28(36)20-40-2/h7-16,25-26H,3-6,17-20H2,1-2H3,(H,31,37)(H,32,38)/t25-,26-/m0/s1. The van der Waals surface area contributed by atoms with Crippen molar-refractivity contribution in [2.45, 2.75) is 37.8 Å². The molecule has 0 aliphatic carbocycles. The Kier molecular flexibility index (Phi) is 10.7. The number of hydrogen-bond donors (Lipinski definition) is 2. The second-order valence-electron chi connectivity index (χ2n) is 9.91. The summed E-state index contributed by atoms with van der Waals surface area (Å²) >= 11 is 2.94. The first-order valence-corrected chi connectivity index (χ1v) is 16.2. The van der Waals surface area contributed by atoms with Crippen LogP contribution < -0.4 is 10.6 Å². The maximum Gasteiger partial charge on any atom is 0.247 e. The Bertz CT molecular complexity index is 1140. The summed E-state index contributed by atoms with van der Waals surface area (Å²) in [5.74, 6) is 0.521. The molecule has 2 aliphatic rings. The van der Waals surface area contributed by atoms with E-state index < -0.39 is 12.1 Å². The van der Waals surface area contributed by atoms with Crippen molar-refractivity contribution in [2.24, 2.45) is 0 Å². The molecule has 2 fully saturated rings. The highest BCUT2D eigenvalue weighted by molar-refractivity contribution is 7.99. The lowest BCUT2D eigenvalue weighted by Crippen LogP contribution is -2.43. The third-order valence-electron chi connectivity index (χ3n) is 7.11. The van der Waals surface area contributed by atoms with Crippen molar-refractivity contribution in [1.29, 1.82) is 0 Å². The third-order valence-corrected chi connectivity index (χ3v) is 8.18. The molecule has 2 aromatic rings. The first kappa shape index (κ1) is 29.7. The summed E-state index contributed by atoms with van der Waals surface area (Å²) in [4.78, 5) is 53.6. The summed E-state index contributed by atoms with van der Waals surface area (Å²) in [6.07, 6.45) is 10.8. The summed E-state index contributed by atoms with van der Waals surface area (Å²) in [5, 5.41) is 5.90. The Hall–Kier alpha value is -3.24. The van der Waals surface area contributed by atoms with Crippen LogP contribution in [0.2, 0.25) is 0 Å². The highest BCUT2D eigenvalue weighted by atomic mass is 32.2. The zero-order chi connectivity index (χ0) is 28.5. The van der Waals surface area contributed by atoms with Crippen LogP contribution in [-0.4, -0.2) is 82.6 Å². The zero-order valence-corrected chi connectivity index (χ0v) is 24.6. The van der Waals surface area contributed by atoms with Gasteiger partial charge < -0.3 is 20.4 Å². The van der Waals surface area contributed by atoms with Crippen LogP contribution >= 0.6 is 23.5 Å². The highest BCUT2D eigenvalue weighted by Crippen LogP contribution is 2.22. The van der Waals surface area contributed by atoms with Crippen molar-refractivity contribution < 1.29 is 19.2 Å². The normalized spacial score (nSPS) is 18.8. The number of benzene rings is 2. The smallest absolute Gasteiger partial charge is 0.247 e. The Morgan fingerprint density at radius 3 is 1.43 bits per heavy atom. The van der Waals surface area contributed by atoms with E-state index >= 15 is 0 Å². The number of thioether (sulfide) groups is 2. The number of nitrogens with zero attached hydrogens (tertiary/aromatic N) is 2. The summed E-state index contributed by atoms with van der Waals surface area (Å²) in [7, 11) is 0. The van der Waals surface area contributed by atoms with E-state index in [4.69, 9.17) is 0 Å². The van der Waals surface area contributed by atoms with E-state index in [0.717, 1.165) is 24.0 Å². The molecule has 2 aromatic carbocycles. The lowest BCUT2D eigenvalue weighted by Gasteiger charge is -2.23. The summed E-state index contributed by atoms with van der Waals surface area (Å²) in [6.45, 7) is 1.26. The van der Waals surface area contributed by atoms with Crippen LogP contribution in [0.15, 0.2) is 48.5 Å². The van der Waals surface area contributed by atoms with E-state index in [1.165, 1.54) is 23.5 Å². The molecule has 2 heterocycles. The minimum absolute atomic E-state index is 0.0136. The number of carbonyl (C=O) groups excluding carboxylic acids is 4. The SMILES string of the molecule is CSCC(=O)N1CCC[C@H]1C(=O)Nc1ccc(C=Cc2ccc(NC(=O)[C@@H]3CCCN3C(=O)CSC)cc2)cc1. The Balaban J connectivity index is 1.29. The molecule has 2 aliphatic heterocycles. The van der Waals surface area contributed by atoms with E-state index in [2.05, 4.69) is 10.6 Å². The quantitative estimate of drug-likeness (QED) is 0.403. The van der Waals surface area contributed by atoms with Gasteiger partial charge in [0.1, 0.15) is 12.1 Å². The fourth-order valence-corrected chi connectivity index (χ4v) is 5.91. The van der Waals surface area contributed by atoms with Crippen molar-refractivity contribution in [3.63, 3.8) is 0 Å². The van der Waals surface area contributed by atoms with Gasteiger partial charge in [-0.05, 0) is 73.6 Å². The fourth-order valence-electron chi connectivity index (χ4n) is 5.09. The van der Waals surface area contributed by atoms with E-state index in [0.29, 0.717) is 48.8 Å². The molecule has 212 valence electrons. The largest absolute Gasteiger partial charge is 0.330 e. The Labute approximate surface area is 244 Å².